The number of hydrogen-bond acceptors (Lipinski definition) is 5. The van der Waals surface area contributed by atoms with Crippen molar-refractivity contribution < 1.29 is 19.9 Å². The number of amides is 1. The molecule has 0 bridgehead atoms. The normalized spacial score (nSPS) is 13.7. The highest BCUT2D eigenvalue weighted by Crippen LogP contribution is 2.17. The Bertz CT molecular complexity index is 499. The fourth-order valence-corrected chi connectivity index (χ4v) is 1.39. The average Bonchev–Trinajstić information content (AvgIpc) is 2.36. The molecule has 0 heterocycles. The molecule has 1 rings (SSSR count). The predicted molar refractivity (Wildman–Crippen MR) is 67.9 cm³/mol. The molecule has 0 aliphatic heterocycles. The summed E-state index contributed by atoms with van der Waals surface area (Å²) in [6.07, 6.45) is 0. The van der Waals surface area contributed by atoms with Gasteiger partial charge in [0.1, 0.15) is 5.60 Å². The lowest BCUT2D eigenvalue weighted by Gasteiger charge is -2.20. The van der Waals surface area contributed by atoms with Gasteiger partial charge < -0.3 is 15.5 Å². The van der Waals surface area contributed by atoms with Gasteiger partial charge in [-0.2, -0.15) is 0 Å². The van der Waals surface area contributed by atoms with Crippen molar-refractivity contribution >= 4 is 11.6 Å². The van der Waals surface area contributed by atoms with E-state index in [1.807, 2.05) is 0 Å². The van der Waals surface area contributed by atoms with Gasteiger partial charge in [0, 0.05) is 24.2 Å². The first-order valence-electron chi connectivity index (χ1n) is 5.63. The molecule has 0 saturated heterocycles. The van der Waals surface area contributed by atoms with Crippen LogP contribution in [0.5, 0.6) is 0 Å². The van der Waals surface area contributed by atoms with E-state index in [-0.39, 0.29) is 17.8 Å². The molecule has 1 unspecified atom stereocenters. The van der Waals surface area contributed by atoms with Gasteiger partial charge in [0.05, 0.1) is 11.5 Å². The summed E-state index contributed by atoms with van der Waals surface area (Å²) in [6.45, 7) is 2.38. The number of hydrogen-bond donors (Lipinski definition) is 3. The zero-order valence-corrected chi connectivity index (χ0v) is 10.7. The van der Waals surface area contributed by atoms with Crippen molar-refractivity contribution in [3.8, 4) is 0 Å². The fraction of sp³-hybridized carbons (Fsp3) is 0.417. The van der Waals surface area contributed by atoms with E-state index >= 15 is 0 Å². The number of nitrogens with one attached hydrogen (secondary N) is 1. The third kappa shape index (κ3) is 4.01. The van der Waals surface area contributed by atoms with E-state index in [4.69, 9.17) is 5.11 Å². The van der Waals surface area contributed by atoms with Crippen LogP contribution in [0.4, 0.5) is 5.69 Å². The molecule has 1 amide bonds. The molecule has 3 N–H and O–H groups in total. The Hall–Kier alpha value is -1.99. The van der Waals surface area contributed by atoms with E-state index in [9.17, 15) is 20.0 Å². The highest BCUT2D eigenvalue weighted by Gasteiger charge is 2.21. The van der Waals surface area contributed by atoms with E-state index in [1.165, 1.54) is 25.1 Å². The van der Waals surface area contributed by atoms with Crippen LogP contribution in [0.2, 0.25) is 0 Å². The van der Waals surface area contributed by atoms with Crippen LogP contribution in [-0.2, 0) is 0 Å². The second-order valence-corrected chi connectivity index (χ2v) is 4.59. The van der Waals surface area contributed by atoms with Gasteiger partial charge in [-0.25, -0.2) is 0 Å². The van der Waals surface area contributed by atoms with E-state index in [0.29, 0.717) is 5.56 Å². The lowest BCUT2D eigenvalue weighted by Crippen LogP contribution is -2.43. The topological polar surface area (TPSA) is 113 Å². The molecule has 0 fully saturated rings. The molecule has 104 valence electrons. The number of aliphatic hydroxyl groups is 2. The largest absolute Gasteiger partial charge is 0.393 e. The number of aryl methyl sites for hydroxylation is 1. The van der Waals surface area contributed by atoms with Crippen LogP contribution in [0.15, 0.2) is 18.2 Å². The first kappa shape index (κ1) is 15.1. The maximum atomic E-state index is 11.9. The highest BCUT2D eigenvalue weighted by molar-refractivity contribution is 5.96. The van der Waals surface area contributed by atoms with Crippen molar-refractivity contribution in [2.45, 2.75) is 19.4 Å². The Balaban J connectivity index is 2.88. The Morgan fingerprint density at radius 2 is 2.16 bits per heavy atom. The monoisotopic (exact) mass is 268 g/mol. The predicted octanol–water partition coefficient (Wildman–Crippen LogP) is 0.376. The molecule has 0 saturated carbocycles. The summed E-state index contributed by atoms with van der Waals surface area (Å²) in [5, 5.41) is 31.5. The molecule has 1 aromatic carbocycles. The molecular weight excluding hydrogens is 252 g/mol. The lowest BCUT2D eigenvalue weighted by atomic mass is 10.1. The van der Waals surface area contributed by atoms with Gasteiger partial charge in [-0.05, 0) is 19.4 Å². The van der Waals surface area contributed by atoms with Crippen LogP contribution < -0.4 is 5.32 Å². The molecule has 1 atom stereocenters. The standard InChI is InChI=1S/C12H16N2O5/c1-8-3-4-9(14(18)19)5-10(8)11(16)13-6-12(2,17)7-15/h3-5,15,17H,6-7H2,1-2H3,(H,13,16). The van der Waals surface area contributed by atoms with Crippen molar-refractivity contribution in [3.63, 3.8) is 0 Å². The van der Waals surface area contributed by atoms with Crippen LogP contribution in [0, 0.1) is 17.0 Å². The molecule has 1 aromatic rings. The molecule has 0 aliphatic carbocycles. The van der Waals surface area contributed by atoms with E-state index in [0.717, 1.165) is 0 Å². The number of nitro benzene ring substituents is 1. The van der Waals surface area contributed by atoms with Gasteiger partial charge in [0.25, 0.3) is 11.6 Å². The van der Waals surface area contributed by atoms with Gasteiger partial charge >= 0.3 is 0 Å². The van der Waals surface area contributed by atoms with Crippen LogP contribution in [0.25, 0.3) is 0 Å². The number of nitro groups is 1. The first-order valence-corrected chi connectivity index (χ1v) is 5.63. The van der Waals surface area contributed by atoms with Crippen LogP contribution in [0.3, 0.4) is 0 Å². The minimum absolute atomic E-state index is 0.148. The van der Waals surface area contributed by atoms with Gasteiger partial charge in [-0.15, -0.1) is 0 Å². The van der Waals surface area contributed by atoms with Crippen molar-refractivity contribution in [2.24, 2.45) is 0 Å². The van der Waals surface area contributed by atoms with Crippen molar-refractivity contribution in [1.82, 2.24) is 5.32 Å². The molecule has 7 heteroatoms. The third-order valence-electron chi connectivity index (χ3n) is 2.65. The van der Waals surface area contributed by atoms with Gasteiger partial charge in [-0.1, -0.05) is 6.07 Å². The van der Waals surface area contributed by atoms with E-state index in [2.05, 4.69) is 5.32 Å². The molecule has 19 heavy (non-hydrogen) atoms. The minimum Gasteiger partial charge on any atom is -0.393 e. The Morgan fingerprint density at radius 1 is 1.53 bits per heavy atom. The second kappa shape index (κ2) is 5.77. The molecule has 0 aliphatic rings. The summed E-state index contributed by atoms with van der Waals surface area (Å²) in [5.41, 5.74) is -0.844. The van der Waals surface area contributed by atoms with Crippen LogP contribution >= 0.6 is 0 Å². The smallest absolute Gasteiger partial charge is 0.270 e. The zero-order valence-electron chi connectivity index (χ0n) is 10.7. The van der Waals surface area contributed by atoms with E-state index in [1.54, 1.807) is 6.92 Å². The summed E-state index contributed by atoms with van der Waals surface area (Å²) in [6, 6.07) is 3.98. The second-order valence-electron chi connectivity index (χ2n) is 4.59. The number of non-ortho nitro benzene ring substituents is 1. The maximum Gasteiger partial charge on any atom is 0.270 e. The van der Waals surface area contributed by atoms with Crippen LogP contribution in [0.1, 0.15) is 22.8 Å². The van der Waals surface area contributed by atoms with Crippen molar-refractivity contribution in [1.29, 1.82) is 0 Å². The van der Waals surface area contributed by atoms with Crippen molar-refractivity contribution in [3.05, 3.63) is 39.4 Å². The summed E-state index contributed by atoms with van der Waals surface area (Å²) in [5.74, 6) is -0.532. The Kier molecular flexibility index (Phi) is 4.57. The Morgan fingerprint density at radius 3 is 2.68 bits per heavy atom. The minimum atomic E-state index is -1.43. The third-order valence-corrected chi connectivity index (χ3v) is 2.65. The molecule has 0 aromatic heterocycles. The van der Waals surface area contributed by atoms with Gasteiger partial charge in [0.2, 0.25) is 0 Å². The average molecular weight is 268 g/mol. The Labute approximate surface area is 110 Å². The number of rotatable bonds is 5. The summed E-state index contributed by atoms with van der Waals surface area (Å²) < 4.78 is 0. The number of aliphatic hydroxyl groups excluding tert-OH is 1. The lowest BCUT2D eigenvalue weighted by molar-refractivity contribution is -0.384. The van der Waals surface area contributed by atoms with Gasteiger partial charge in [-0.3, -0.25) is 14.9 Å². The number of nitrogens with zero attached hydrogens (tertiary/aromatic N) is 1. The highest BCUT2D eigenvalue weighted by atomic mass is 16.6. The number of benzene rings is 1. The van der Waals surface area contributed by atoms with Crippen LogP contribution in [-0.4, -0.2) is 39.8 Å². The molecular formula is C12H16N2O5. The van der Waals surface area contributed by atoms with Gasteiger partial charge in [0.15, 0.2) is 0 Å². The van der Waals surface area contributed by atoms with E-state index < -0.39 is 23.0 Å². The van der Waals surface area contributed by atoms with Crippen molar-refractivity contribution in [2.75, 3.05) is 13.2 Å². The first-order chi connectivity index (χ1) is 8.76. The maximum absolute atomic E-state index is 11.9. The zero-order chi connectivity index (χ0) is 14.6. The number of carbonyl (C=O) groups excluding carboxylic acids is 1. The quantitative estimate of drug-likeness (QED) is 0.527. The number of carbonyl (C=O) groups is 1. The molecule has 0 spiro atoms. The SMILES string of the molecule is Cc1ccc([N+](=O)[O-])cc1C(=O)NCC(C)(O)CO. The molecule has 7 nitrogen and oxygen atoms in total. The summed E-state index contributed by atoms with van der Waals surface area (Å²) in [7, 11) is 0. The molecule has 0 radical (unpaired) electrons. The summed E-state index contributed by atoms with van der Waals surface area (Å²) >= 11 is 0. The fourth-order valence-electron chi connectivity index (χ4n) is 1.39. The summed E-state index contributed by atoms with van der Waals surface area (Å²) in [4.78, 5) is 21.9.